The van der Waals surface area contributed by atoms with Crippen molar-refractivity contribution >= 4 is 35.2 Å². The van der Waals surface area contributed by atoms with E-state index in [1.807, 2.05) is 22.9 Å². The first-order chi connectivity index (χ1) is 24.2. The molecule has 0 bridgehead atoms. The Labute approximate surface area is 289 Å². The molecule has 260 valence electrons. The third-order valence-corrected chi connectivity index (χ3v) is 10.8. The normalized spacial score (nSPS) is 21.1. The molecule has 1 N–H and O–H groups in total. The van der Waals surface area contributed by atoms with Crippen molar-refractivity contribution in [2.24, 2.45) is 7.05 Å². The third kappa shape index (κ3) is 5.39. The first-order valence-electron chi connectivity index (χ1n) is 17.4. The van der Waals surface area contributed by atoms with Gasteiger partial charge in [-0.15, -0.1) is 0 Å². The number of carbonyl (C=O) groups is 2. The van der Waals surface area contributed by atoms with Gasteiger partial charge in [0.1, 0.15) is 23.0 Å². The number of rotatable bonds is 7. The minimum Gasteiger partial charge on any atom is -0.378 e. The van der Waals surface area contributed by atoms with Crippen LogP contribution < -0.4 is 20.7 Å². The van der Waals surface area contributed by atoms with Gasteiger partial charge in [-0.3, -0.25) is 24.2 Å². The predicted molar refractivity (Wildman–Crippen MR) is 188 cm³/mol. The summed E-state index contributed by atoms with van der Waals surface area (Å²) in [6.07, 6.45) is 8.91. The largest absolute Gasteiger partial charge is 0.378 e. The maximum atomic E-state index is 15.6. The number of fused-ring (bicyclic) bond motifs is 3. The highest BCUT2D eigenvalue weighted by molar-refractivity contribution is 6.09. The van der Waals surface area contributed by atoms with E-state index in [1.165, 1.54) is 15.7 Å². The molecule has 13 heteroatoms. The van der Waals surface area contributed by atoms with Crippen LogP contribution in [0.25, 0.3) is 11.1 Å². The third-order valence-electron chi connectivity index (χ3n) is 10.8. The maximum Gasteiger partial charge on any atom is 0.279 e. The average molecular weight is 681 g/mol. The van der Waals surface area contributed by atoms with E-state index in [-0.39, 0.29) is 34.9 Å². The molecule has 50 heavy (non-hydrogen) atoms. The van der Waals surface area contributed by atoms with Gasteiger partial charge in [0.05, 0.1) is 36.7 Å². The molecule has 4 aliphatic rings. The second-order valence-electron chi connectivity index (χ2n) is 13.9. The Morgan fingerprint density at radius 1 is 1.02 bits per heavy atom. The second kappa shape index (κ2) is 12.8. The van der Waals surface area contributed by atoms with Crippen molar-refractivity contribution in [3.8, 4) is 11.1 Å². The van der Waals surface area contributed by atoms with Gasteiger partial charge < -0.3 is 24.1 Å². The van der Waals surface area contributed by atoms with Crippen molar-refractivity contribution in [1.29, 1.82) is 0 Å². The lowest BCUT2D eigenvalue weighted by atomic mass is 9.97. The lowest BCUT2D eigenvalue weighted by Crippen LogP contribution is -2.63. The van der Waals surface area contributed by atoms with E-state index in [2.05, 4.69) is 38.9 Å². The molecule has 4 aromatic rings. The monoisotopic (exact) mass is 680 g/mol. The van der Waals surface area contributed by atoms with Gasteiger partial charge in [-0.2, -0.15) is 0 Å². The van der Waals surface area contributed by atoms with Crippen LogP contribution in [0, 0.1) is 5.82 Å². The van der Waals surface area contributed by atoms with Gasteiger partial charge in [-0.05, 0) is 69.4 Å². The number of halogens is 1. The Balaban J connectivity index is 1.05. The summed E-state index contributed by atoms with van der Waals surface area (Å²) >= 11 is 0. The van der Waals surface area contributed by atoms with Gasteiger partial charge in [0, 0.05) is 74.5 Å². The molecule has 8 rings (SSSR count). The molecule has 4 aromatic heterocycles. The number of hydrogen-bond donors (Lipinski definition) is 1. The Morgan fingerprint density at radius 2 is 1.84 bits per heavy atom. The van der Waals surface area contributed by atoms with Crippen LogP contribution in [-0.4, -0.2) is 87.2 Å². The number of aryl methyl sites for hydroxylation is 1. The van der Waals surface area contributed by atoms with Crippen LogP contribution in [0.2, 0.25) is 0 Å². The van der Waals surface area contributed by atoms with Crippen LogP contribution in [-0.2, 0) is 31.2 Å². The summed E-state index contributed by atoms with van der Waals surface area (Å²) in [5.74, 6) is -0.295. The first kappa shape index (κ1) is 32.3. The number of nitrogens with zero attached hydrogens (tertiary/aromatic N) is 7. The number of aldehydes is 1. The quantitative estimate of drug-likeness (QED) is 0.287. The molecule has 3 aliphatic heterocycles. The summed E-state index contributed by atoms with van der Waals surface area (Å²) < 4.78 is 24.2. The highest BCUT2D eigenvalue weighted by Crippen LogP contribution is 2.35. The Bertz CT molecular complexity index is 2040. The molecule has 7 heterocycles. The Hall–Kier alpha value is -4.88. The zero-order chi connectivity index (χ0) is 34.7. The fourth-order valence-electron chi connectivity index (χ4n) is 8.11. The minimum absolute atomic E-state index is 0.0364. The van der Waals surface area contributed by atoms with E-state index < -0.39 is 11.7 Å². The molecule has 12 nitrogen and oxygen atoms in total. The van der Waals surface area contributed by atoms with E-state index in [4.69, 9.17) is 4.74 Å². The molecule has 0 saturated carbocycles. The molecule has 2 atom stereocenters. The predicted octanol–water partition coefficient (Wildman–Crippen LogP) is 4.18. The molecule has 0 radical (unpaired) electrons. The number of amides is 1. The van der Waals surface area contributed by atoms with E-state index in [1.54, 1.807) is 25.4 Å². The highest BCUT2D eigenvalue weighted by Gasteiger charge is 2.38. The average Bonchev–Trinajstić information content (AvgIpc) is 3.39. The van der Waals surface area contributed by atoms with Crippen LogP contribution in [0.15, 0.2) is 47.7 Å². The minimum atomic E-state index is -0.507. The fraction of sp³-hybridized carbons (Fsp3) is 0.432. The van der Waals surface area contributed by atoms with Gasteiger partial charge in [-0.1, -0.05) is 0 Å². The van der Waals surface area contributed by atoms with Gasteiger partial charge in [-0.25, -0.2) is 14.4 Å². The zero-order valence-electron chi connectivity index (χ0n) is 28.6. The zero-order valence-corrected chi connectivity index (χ0v) is 28.6. The fourth-order valence-corrected chi connectivity index (χ4v) is 8.11. The van der Waals surface area contributed by atoms with Crippen molar-refractivity contribution < 1.29 is 18.7 Å². The molecule has 0 unspecified atom stereocenters. The Morgan fingerprint density at radius 3 is 2.58 bits per heavy atom. The maximum absolute atomic E-state index is 15.6. The van der Waals surface area contributed by atoms with Crippen molar-refractivity contribution in [2.75, 3.05) is 48.0 Å². The van der Waals surface area contributed by atoms with Crippen molar-refractivity contribution in [1.82, 2.24) is 24.0 Å². The highest BCUT2D eigenvalue weighted by atomic mass is 19.1. The molecule has 0 spiro atoms. The number of piperazine rings is 1. The van der Waals surface area contributed by atoms with Crippen molar-refractivity contribution in [2.45, 2.75) is 64.2 Å². The molecular formula is C37H41FN8O4. The molecular weight excluding hydrogens is 639 g/mol. The number of aromatic nitrogens is 4. The van der Waals surface area contributed by atoms with E-state index in [9.17, 15) is 14.4 Å². The van der Waals surface area contributed by atoms with E-state index >= 15 is 4.39 Å². The summed E-state index contributed by atoms with van der Waals surface area (Å²) in [7, 11) is 1.64. The number of anilines is 4. The standard InChI is InChI=1S/C37H41FN8O4/c1-22-17-46(26-20-50-21-26)23(2)16-45(22)25-8-9-32(40-15-25)41-30-14-24(18-42(3)36(30)48)27-10-11-39-35(29(27)19-47)44-13-12-43-31-7-5-4-6-28(31)33(38)34(43)37(44)49/h8-11,14-15,18-19,22-23,26H,4-7,12-13,16-17,20-21H2,1-3H3,(H,40,41)/t22-,23+/m0/s1. The Kier molecular flexibility index (Phi) is 8.26. The van der Waals surface area contributed by atoms with E-state index in [0.717, 1.165) is 56.9 Å². The summed E-state index contributed by atoms with van der Waals surface area (Å²) in [6, 6.07) is 8.42. The van der Waals surface area contributed by atoms with Crippen LogP contribution in [0.4, 0.5) is 27.4 Å². The number of carbonyl (C=O) groups excluding carboxylic acids is 2. The number of pyridine rings is 3. The molecule has 2 saturated heterocycles. The van der Waals surface area contributed by atoms with Crippen molar-refractivity contribution in [3.63, 3.8) is 0 Å². The first-order valence-corrected chi connectivity index (χ1v) is 17.4. The van der Waals surface area contributed by atoms with Crippen LogP contribution in [0.3, 0.4) is 0 Å². The topological polar surface area (TPSA) is 118 Å². The number of ether oxygens (including phenoxy) is 1. The van der Waals surface area contributed by atoms with Crippen LogP contribution in [0.5, 0.6) is 0 Å². The number of nitrogens with one attached hydrogen (secondary N) is 1. The smallest absolute Gasteiger partial charge is 0.279 e. The summed E-state index contributed by atoms with van der Waals surface area (Å²) in [4.78, 5) is 55.1. The van der Waals surface area contributed by atoms with Crippen LogP contribution >= 0.6 is 0 Å². The second-order valence-corrected chi connectivity index (χ2v) is 13.9. The molecule has 1 amide bonds. The number of hydrogen-bond acceptors (Lipinski definition) is 9. The molecule has 1 aliphatic carbocycles. The molecule has 2 fully saturated rings. The lowest BCUT2D eigenvalue weighted by Gasteiger charge is -2.50. The summed E-state index contributed by atoms with van der Waals surface area (Å²) in [5, 5.41) is 3.18. The van der Waals surface area contributed by atoms with E-state index in [0.29, 0.717) is 59.9 Å². The molecule has 0 aromatic carbocycles. The van der Waals surface area contributed by atoms with Gasteiger partial charge in [0.2, 0.25) is 0 Å². The van der Waals surface area contributed by atoms with Gasteiger partial charge in [0.15, 0.2) is 12.1 Å². The van der Waals surface area contributed by atoms with Crippen molar-refractivity contribution in [3.05, 3.63) is 81.5 Å². The van der Waals surface area contributed by atoms with Crippen LogP contribution in [0.1, 0.15) is 58.8 Å². The summed E-state index contributed by atoms with van der Waals surface area (Å²) in [6.45, 7) is 8.59. The van der Waals surface area contributed by atoms with Gasteiger partial charge >= 0.3 is 0 Å². The lowest BCUT2D eigenvalue weighted by molar-refractivity contribution is -0.0828. The van der Waals surface area contributed by atoms with Gasteiger partial charge in [0.25, 0.3) is 11.5 Å². The summed E-state index contributed by atoms with van der Waals surface area (Å²) in [5.41, 5.74) is 3.85. The SMILES string of the molecule is C[C@@H]1CN(c2ccc(Nc3cc(-c4ccnc(N5CCn6c7c(c(F)c6C5=O)CCCC7)c4C=O)cn(C)c3=O)nc2)[C@@H](C)CN1C1COC1.